The predicted octanol–water partition coefficient (Wildman–Crippen LogP) is 4.10. The lowest BCUT2D eigenvalue weighted by molar-refractivity contribution is -0.139. The molecule has 0 aliphatic carbocycles. The molecule has 0 unspecified atom stereocenters. The van der Waals surface area contributed by atoms with Crippen molar-refractivity contribution in [3.8, 4) is 5.75 Å². The molecule has 2 rings (SSSR count). The zero-order valence-corrected chi connectivity index (χ0v) is 22.6. The summed E-state index contributed by atoms with van der Waals surface area (Å²) >= 11 is 12.3. The van der Waals surface area contributed by atoms with E-state index in [1.807, 2.05) is 6.92 Å². The zero-order valence-electron chi connectivity index (χ0n) is 20.3. The third-order valence-corrected chi connectivity index (χ3v) is 7.02. The summed E-state index contributed by atoms with van der Waals surface area (Å²) < 4.78 is 31.4. The molecule has 1 atom stereocenters. The highest BCUT2D eigenvalue weighted by atomic mass is 35.5. The molecule has 0 aromatic heterocycles. The Kier molecular flexibility index (Phi) is 10.7. The van der Waals surface area contributed by atoms with E-state index in [0.29, 0.717) is 12.3 Å². The number of unbranched alkanes of at least 4 members (excludes halogenated alkanes) is 1. The molecule has 192 valence electrons. The lowest BCUT2D eigenvalue weighted by Gasteiger charge is -2.31. The maximum atomic E-state index is 13.5. The van der Waals surface area contributed by atoms with Crippen LogP contribution in [-0.2, 0) is 26.2 Å². The Labute approximate surface area is 217 Å². The van der Waals surface area contributed by atoms with Crippen LogP contribution in [0.1, 0.15) is 32.3 Å². The van der Waals surface area contributed by atoms with E-state index in [4.69, 9.17) is 27.9 Å². The molecule has 2 amide bonds. The van der Waals surface area contributed by atoms with Crippen molar-refractivity contribution in [2.75, 3.05) is 30.8 Å². The Morgan fingerprint density at radius 3 is 2.49 bits per heavy atom. The van der Waals surface area contributed by atoms with Crippen LogP contribution in [0.3, 0.4) is 0 Å². The number of ether oxygens (including phenoxy) is 1. The summed E-state index contributed by atoms with van der Waals surface area (Å²) in [5.41, 5.74) is 0.800. The number of rotatable bonds is 12. The first-order valence-electron chi connectivity index (χ1n) is 11.1. The van der Waals surface area contributed by atoms with Gasteiger partial charge in [0.25, 0.3) is 0 Å². The van der Waals surface area contributed by atoms with Gasteiger partial charge in [-0.3, -0.25) is 13.9 Å². The summed E-state index contributed by atoms with van der Waals surface area (Å²) in [7, 11) is -2.38. The lowest BCUT2D eigenvalue weighted by atomic mass is 10.1. The van der Waals surface area contributed by atoms with Gasteiger partial charge in [-0.2, -0.15) is 0 Å². The van der Waals surface area contributed by atoms with Gasteiger partial charge in [0.15, 0.2) is 0 Å². The standard InChI is InChI=1S/C24H31Cl2N3O5S/c1-5-6-12-27-24(31)17(2)28(15-18-8-7-9-20(13-18)34-3)23(30)16-29(35(4,32)33)22-14-19(25)10-11-21(22)26/h7-11,13-14,17H,5-6,12,15-16H2,1-4H3,(H,27,31)/t17-/m1/s1. The maximum Gasteiger partial charge on any atom is 0.244 e. The number of halogens is 2. The van der Waals surface area contributed by atoms with E-state index in [0.717, 1.165) is 29.0 Å². The van der Waals surface area contributed by atoms with Crippen molar-refractivity contribution in [3.05, 3.63) is 58.1 Å². The molecule has 0 heterocycles. The van der Waals surface area contributed by atoms with Crippen LogP contribution < -0.4 is 14.4 Å². The number of nitrogens with one attached hydrogen (secondary N) is 1. The number of carbonyl (C=O) groups is 2. The van der Waals surface area contributed by atoms with Crippen LogP contribution in [0.25, 0.3) is 0 Å². The van der Waals surface area contributed by atoms with Crippen molar-refractivity contribution in [2.24, 2.45) is 0 Å². The van der Waals surface area contributed by atoms with Crippen LogP contribution in [0.15, 0.2) is 42.5 Å². The number of hydrogen-bond donors (Lipinski definition) is 1. The third-order valence-electron chi connectivity index (χ3n) is 5.34. The first kappa shape index (κ1) is 28.7. The summed E-state index contributed by atoms with van der Waals surface area (Å²) in [5, 5.41) is 3.22. The normalized spacial score (nSPS) is 12.1. The number of nitrogens with zero attached hydrogens (tertiary/aromatic N) is 2. The summed E-state index contributed by atoms with van der Waals surface area (Å²) in [5.74, 6) is -0.313. The van der Waals surface area contributed by atoms with Gasteiger partial charge in [-0.25, -0.2) is 8.42 Å². The minimum Gasteiger partial charge on any atom is -0.497 e. The molecule has 2 aromatic carbocycles. The molecule has 11 heteroatoms. The Balaban J connectivity index is 2.41. The maximum absolute atomic E-state index is 13.5. The fourth-order valence-corrected chi connectivity index (χ4v) is 4.65. The second-order valence-electron chi connectivity index (χ2n) is 8.06. The molecular weight excluding hydrogens is 513 g/mol. The van der Waals surface area contributed by atoms with Crippen molar-refractivity contribution in [1.29, 1.82) is 0 Å². The smallest absolute Gasteiger partial charge is 0.244 e. The molecule has 0 aliphatic heterocycles. The van der Waals surface area contributed by atoms with Crippen molar-refractivity contribution in [1.82, 2.24) is 10.2 Å². The Hall–Kier alpha value is -2.49. The quantitative estimate of drug-likeness (QED) is 0.406. The van der Waals surface area contributed by atoms with Crippen molar-refractivity contribution >= 4 is 50.7 Å². The molecule has 0 spiro atoms. The second-order valence-corrected chi connectivity index (χ2v) is 10.8. The van der Waals surface area contributed by atoms with Gasteiger partial charge in [0.05, 0.1) is 24.1 Å². The highest BCUT2D eigenvalue weighted by Gasteiger charge is 2.31. The highest BCUT2D eigenvalue weighted by molar-refractivity contribution is 7.92. The largest absolute Gasteiger partial charge is 0.497 e. The molecular formula is C24H31Cl2N3O5S. The van der Waals surface area contributed by atoms with E-state index in [-0.39, 0.29) is 28.2 Å². The van der Waals surface area contributed by atoms with Gasteiger partial charge in [0, 0.05) is 18.1 Å². The van der Waals surface area contributed by atoms with Gasteiger partial charge in [-0.1, -0.05) is 48.7 Å². The number of hydrogen-bond acceptors (Lipinski definition) is 5. The highest BCUT2D eigenvalue weighted by Crippen LogP contribution is 2.31. The van der Waals surface area contributed by atoms with Crippen LogP contribution in [0.4, 0.5) is 5.69 Å². The summed E-state index contributed by atoms with van der Waals surface area (Å²) in [6, 6.07) is 10.6. The Bertz CT molecular complexity index is 1140. The predicted molar refractivity (Wildman–Crippen MR) is 140 cm³/mol. The minimum absolute atomic E-state index is 0.0687. The molecule has 0 radical (unpaired) electrons. The number of amides is 2. The average molecular weight is 545 g/mol. The number of carbonyl (C=O) groups excluding carboxylic acids is 2. The first-order chi connectivity index (χ1) is 16.5. The van der Waals surface area contributed by atoms with E-state index in [1.165, 1.54) is 30.2 Å². The van der Waals surface area contributed by atoms with Crippen molar-refractivity contribution in [2.45, 2.75) is 39.3 Å². The molecule has 0 saturated heterocycles. The Morgan fingerprint density at radius 2 is 1.86 bits per heavy atom. The molecule has 8 nitrogen and oxygen atoms in total. The van der Waals surface area contributed by atoms with Crippen LogP contribution in [-0.4, -0.2) is 57.6 Å². The third kappa shape index (κ3) is 8.30. The number of benzene rings is 2. The lowest BCUT2D eigenvalue weighted by Crippen LogP contribution is -2.51. The monoisotopic (exact) mass is 543 g/mol. The Morgan fingerprint density at radius 1 is 1.14 bits per heavy atom. The van der Waals surface area contributed by atoms with Gasteiger partial charge in [-0.05, 0) is 49.2 Å². The summed E-state index contributed by atoms with van der Waals surface area (Å²) in [4.78, 5) is 27.7. The van der Waals surface area contributed by atoms with E-state index in [2.05, 4.69) is 5.32 Å². The molecule has 1 N–H and O–H groups in total. The van der Waals surface area contributed by atoms with E-state index in [1.54, 1.807) is 31.2 Å². The minimum atomic E-state index is -3.91. The van der Waals surface area contributed by atoms with Crippen molar-refractivity contribution in [3.63, 3.8) is 0 Å². The van der Waals surface area contributed by atoms with Gasteiger partial charge >= 0.3 is 0 Å². The van der Waals surface area contributed by atoms with Crippen molar-refractivity contribution < 1.29 is 22.7 Å². The summed E-state index contributed by atoms with van der Waals surface area (Å²) in [6.07, 6.45) is 2.69. The van der Waals surface area contributed by atoms with Gasteiger partial charge in [0.1, 0.15) is 18.3 Å². The second kappa shape index (κ2) is 13.0. The first-order valence-corrected chi connectivity index (χ1v) is 13.7. The topological polar surface area (TPSA) is 96.0 Å². The molecule has 0 aliphatic rings. The van der Waals surface area contributed by atoms with E-state index >= 15 is 0 Å². The average Bonchev–Trinajstić information content (AvgIpc) is 2.81. The number of methoxy groups -OCH3 is 1. The molecule has 0 bridgehead atoms. The van der Waals surface area contributed by atoms with Crippen LogP contribution in [0.2, 0.25) is 10.0 Å². The van der Waals surface area contributed by atoms with Gasteiger partial charge < -0.3 is 15.0 Å². The molecule has 35 heavy (non-hydrogen) atoms. The molecule has 2 aromatic rings. The fraction of sp³-hybridized carbons (Fsp3) is 0.417. The van der Waals surface area contributed by atoms with Gasteiger partial charge in [0.2, 0.25) is 21.8 Å². The van der Waals surface area contributed by atoms with Gasteiger partial charge in [-0.15, -0.1) is 0 Å². The molecule has 0 saturated carbocycles. The molecule has 0 fully saturated rings. The van der Waals surface area contributed by atoms with E-state index in [9.17, 15) is 18.0 Å². The van der Waals surface area contributed by atoms with Crippen LogP contribution >= 0.6 is 23.2 Å². The zero-order chi connectivity index (χ0) is 26.2. The SMILES string of the molecule is CCCCNC(=O)[C@@H](C)N(Cc1cccc(OC)c1)C(=O)CN(c1cc(Cl)ccc1Cl)S(C)(=O)=O. The van der Waals surface area contributed by atoms with Crippen LogP contribution in [0, 0.1) is 0 Å². The van der Waals surface area contributed by atoms with Crippen LogP contribution in [0.5, 0.6) is 5.75 Å². The fourth-order valence-electron chi connectivity index (χ4n) is 3.36. The number of sulfonamides is 1. The summed E-state index contributed by atoms with van der Waals surface area (Å²) in [6.45, 7) is 3.61. The van der Waals surface area contributed by atoms with E-state index < -0.39 is 28.5 Å². The number of anilines is 1.